The number of hydrogen-bond acceptors (Lipinski definition) is 5. The van der Waals surface area contributed by atoms with Crippen LogP contribution in [-0.4, -0.2) is 22.5 Å². The van der Waals surface area contributed by atoms with E-state index in [0.717, 1.165) is 23.3 Å². The summed E-state index contributed by atoms with van der Waals surface area (Å²) in [6, 6.07) is 6.37. The SMILES string of the molecule is CC1(C)CON(Cc2cc(Oc3ccc(C(F)(F)F)cc3Cl)ccc2[N+](=O)[O-])C1=O. The van der Waals surface area contributed by atoms with Crippen molar-refractivity contribution in [3.05, 3.63) is 62.7 Å². The van der Waals surface area contributed by atoms with Gasteiger partial charge in [-0.15, -0.1) is 0 Å². The zero-order chi connectivity index (χ0) is 22.3. The molecular formula is C19H16ClF3N2O5. The molecule has 0 unspecified atom stereocenters. The van der Waals surface area contributed by atoms with Crippen LogP contribution in [0.1, 0.15) is 25.0 Å². The first-order chi connectivity index (χ1) is 13.9. The second-order valence-corrected chi connectivity index (χ2v) is 7.70. The van der Waals surface area contributed by atoms with Crippen LogP contribution in [0.15, 0.2) is 36.4 Å². The van der Waals surface area contributed by atoms with Crippen LogP contribution in [0.4, 0.5) is 18.9 Å². The number of hydrogen-bond donors (Lipinski definition) is 0. The monoisotopic (exact) mass is 444 g/mol. The number of halogens is 4. The average molecular weight is 445 g/mol. The Morgan fingerprint density at radius 1 is 1.27 bits per heavy atom. The molecule has 0 bridgehead atoms. The summed E-state index contributed by atoms with van der Waals surface area (Å²) < 4.78 is 43.8. The maximum absolute atomic E-state index is 12.8. The lowest BCUT2D eigenvalue weighted by molar-refractivity contribution is -0.386. The summed E-state index contributed by atoms with van der Waals surface area (Å²) >= 11 is 5.89. The van der Waals surface area contributed by atoms with E-state index in [2.05, 4.69) is 0 Å². The Morgan fingerprint density at radius 2 is 1.97 bits per heavy atom. The molecule has 3 rings (SSSR count). The number of carbonyl (C=O) groups excluding carboxylic acids is 1. The van der Waals surface area contributed by atoms with Crippen molar-refractivity contribution in [3.8, 4) is 11.5 Å². The van der Waals surface area contributed by atoms with E-state index in [-0.39, 0.29) is 46.8 Å². The third-order valence-electron chi connectivity index (χ3n) is 4.44. The maximum atomic E-state index is 12.8. The van der Waals surface area contributed by atoms with Crippen LogP contribution in [0, 0.1) is 15.5 Å². The zero-order valence-electron chi connectivity index (χ0n) is 15.8. The molecule has 1 fully saturated rings. The summed E-state index contributed by atoms with van der Waals surface area (Å²) in [5, 5.41) is 12.1. The highest BCUT2D eigenvalue weighted by molar-refractivity contribution is 6.32. The number of rotatable bonds is 5. The molecule has 1 amide bonds. The molecule has 1 saturated heterocycles. The van der Waals surface area contributed by atoms with Crippen LogP contribution in [0.25, 0.3) is 0 Å². The molecule has 0 radical (unpaired) electrons. The quantitative estimate of drug-likeness (QED) is 0.458. The molecule has 0 N–H and O–H groups in total. The van der Waals surface area contributed by atoms with Gasteiger partial charge in [0.2, 0.25) is 0 Å². The van der Waals surface area contributed by atoms with Gasteiger partial charge in [-0.3, -0.25) is 19.7 Å². The highest BCUT2D eigenvalue weighted by Gasteiger charge is 2.41. The summed E-state index contributed by atoms with van der Waals surface area (Å²) in [7, 11) is 0. The van der Waals surface area contributed by atoms with Crippen LogP contribution in [0.3, 0.4) is 0 Å². The molecular weight excluding hydrogens is 429 g/mol. The van der Waals surface area contributed by atoms with Crippen LogP contribution >= 0.6 is 11.6 Å². The number of benzene rings is 2. The molecule has 1 aliphatic heterocycles. The van der Waals surface area contributed by atoms with Gasteiger partial charge in [0.15, 0.2) is 0 Å². The first-order valence-electron chi connectivity index (χ1n) is 8.65. The van der Waals surface area contributed by atoms with Crippen molar-refractivity contribution in [2.45, 2.75) is 26.6 Å². The summed E-state index contributed by atoms with van der Waals surface area (Å²) in [4.78, 5) is 28.4. The van der Waals surface area contributed by atoms with Crippen molar-refractivity contribution in [2.24, 2.45) is 5.41 Å². The van der Waals surface area contributed by atoms with Gasteiger partial charge >= 0.3 is 6.18 Å². The van der Waals surface area contributed by atoms with Crippen molar-refractivity contribution in [1.29, 1.82) is 0 Å². The highest BCUT2D eigenvalue weighted by Crippen LogP contribution is 2.38. The number of ether oxygens (including phenoxy) is 1. The predicted molar refractivity (Wildman–Crippen MR) is 99.9 cm³/mol. The fourth-order valence-corrected chi connectivity index (χ4v) is 3.01. The lowest BCUT2D eigenvalue weighted by atomic mass is 9.95. The normalized spacial score (nSPS) is 16.1. The number of alkyl halides is 3. The molecule has 0 saturated carbocycles. The zero-order valence-corrected chi connectivity index (χ0v) is 16.6. The van der Waals surface area contributed by atoms with Crippen molar-refractivity contribution in [2.75, 3.05) is 6.61 Å². The molecule has 30 heavy (non-hydrogen) atoms. The van der Waals surface area contributed by atoms with Crippen LogP contribution < -0.4 is 4.74 Å². The molecule has 7 nitrogen and oxygen atoms in total. The minimum absolute atomic E-state index is 0.0564. The van der Waals surface area contributed by atoms with E-state index >= 15 is 0 Å². The summed E-state index contributed by atoms with van der Waals surface area (Å²) in [6.45, 7) is 3.32. The second kappa shape index (κ2) is 7.77. The summed E-state index contributed by atoms with van der Waals surface area (Å²) in [6.07, 6.45) is -4.56. The smallest absolute Gasteiger partial charge is 0.416 e. The van der Waals surface area contributed by atoms with Crippen LogP contribution in [0.2, 0.25) is 5.02 Å². The van der Waals surface area contributed by atoms with E-state index in [4.69, 9.17) is 21.2 Å². The van der Waals surface area contributed by atoms with E-state index in [1.54, 1.807) is 13.8 Å². The molecule has 0 aromatic heterocycles. The minimum Gasteiger partial charge on any atom is -0.456 e. The van der Waals surface area contributed by atoms with Gasteiger partial charge in [0.1, 0.15) is 11.5 Å². The molecule has 1 heterocycles. The molecule has 2 aromatic carbocycles. The van der Waals surface area contributed by atoms with Crippen molar-refractivity contribution in [3.63, 3.8) is 0 Å². The van der Waals surface area contributed by atoms with Crippen molar-refractivity contribution >= 4 is 23.2 Å². The molecule has 1 aliphatic rings. The minimum atomic E-state index is -4.56. The number of nitro benzene ring substituents is 1. The van der Waals surface area contributed by atoms with E-state index in [1.807, 2.05) is 0 Å². The summed E-state index contributed by atoms with van der Waals surface area (Å²) in [5.41, 5.74) is -1.82. The van der Waals surface area contributed by atoms with E-state index < -0.39 is 22.1 Å². The van der Waals surface area contributed by atoms with Crippen LogP contribution in [-0.2, 0) is 22.4 Å². The number of carbonyl (C=O) groups is 1. The molecule has 0 spiro atoms. The Balaban J connectivity index is 1.88. The third kappa shape index (κ3) is 4.49. The Morgan fingerprint density at radius 3 is 2.50 bits per heavy atom. The lowest BCUT2D eigenvalue weighted by Crippen LogP contribution is -2.30. The van der Waals surface area contributed by atoms with Crippen LogP contribution in [0.5, 0.6) is 11.5 Å². The number of nitrogens with zero attached hydrogens (tertiary/aromatic N) is 2. The Bertz CT molecular complexity index is 1010. The van der Waals surface area contributed by atoms with Gasteiger partial charge in [0.25, 0.3) is 11.6 Å². The Hall–Kier alpha value is -2.85. The van der Waals surface area contributed by atoms with Gasteiger partial charge in [0.05, 0.1) is 39.6 Å². The summed E-state index contributed by atoms with van der Waals surface area (Å²) in [5.74, 6) is -0.281. The first kappa shape index (κ1) is 21.8. The van der Waals surface area contributed by atoms with Gasteiger partial charge in [-0.2, -0.15) is 13.2 Å². The molecule has 11 heteroatoms. The first-order valence-corrected chi connectivity index (χ1v) is 9.03. The van der Waals surface area contributed by atoms with E-state index in [9.17, 15) is 28.1 Å². The van der Waals surface area contributed by atoms with Gasteiger partial charge in [-0.1, -0.05) is 11.6 Å². The van der Waals surface area contributed by atoms with Gasteiger partial charge in [-0.05, 0) is 44.2 Å². The Kier molecular flexibility index (Phi) is 5.66. The average Bonchev–Trinajstić information content (AvgIpc) is 2.89. The lowest BCUT2D eigenvalue weighted by Gasteiger charge is -2.17. The van der Waals surface area contributed by atoms with E-state index in [1.165, 1.54) is 18.2 Å². The van der Waals surface area contributed by atoms with Gasteiger partial charge in [0, 0.05) is 6.07 Å². The molecule has 0 atom stereocenters. The van der Waals surface area contributed by atoms with Gasteiger partial charge < -0.3 is 4.74 Å². The van der Waals surface area contributed by atoms with E-state index in [0.29, 0.717) is 0 Å². The maximum Gasteiger partial charge on any atom is 0.416 e. The van der Waals surface area contributed by atoms with Crippen molar-refractivity contribution in [1.82, 2.24) is 5.06 Å². The molecule has 2 aromatic rings. The highest BCUT2D eigenvalue weighted by atomic mass is 35.5. The predicted octanol–water partition coefficient (Wildman–Crippen LogP) is 5.36. The number of hydroxylamine groups is 2. The number of amides is 1. The second-order valence-electron chi connectivity index (χ2n) is 7.29. The largest absolute Gasteiger partial charge is 0.456 e. The number of nitro groups is 1. The fraction of sp³-hybridized carbons (Fsp3) is 0.316. The standard InChI is InChI=1S/C19H16ClF3N2O5/c1-18(2)10-29-24(17(18)26)9-11-7-13(4-5-15(11)25(27)28)30-16-6-3-12(8-14(16)20)19(21,22)23/h3-8H,9-10H2,1-2H3. The topological polar surface area (TPSA) is 81.9 Å². The third-order valence-corrected chi connectivity index (χ3v) is 4.73. The van der Waals surface area contributed by atoms with Crippen molar-refractivity contribution < 1.29 is 32.5 Å². The Labute approximate surface area is 174 Å². The van der Waals surface area contributed by atoms with Gasteiger partial charge in [-0.25, -0.2) is 5.06 Å². The molecule has 0 aliphatic carbocycles. The fourth-order valence-electron chi connectivity index (χ4n) is 2.79. The molecule has 160 valence electrons.